The van der Waals surface area contributed by atoms with Crippen molar-refractivity contribution in [2.75, 3.05) is 13.7 Å². The molecule has 0 saturated heterocycles. The van der Waals surface area contributed by atoms with Crippen molar-refractivity contribution in [2.24, 2.45) is 0 Å². The van der Waals surface area contributed by atoms with Crippen molar-refractivity contribution in [2.45, 2.75) is 52.7 Å². The zero-order chi connectivity index (χ0) is 24.1. The van der Waals surface area contributed by atoms with Crippen LogP contribution in [0.5, 0.6) is 0 Å². The molecule has 0 amide bonds. The van der Waals surface area contributed by atoms with Gasteiger partial charge >= 0.3 is 0 Å². The molecule has 2 aromatic rings. The molecule has 0 spiro atoms. The number of carbonyl (C=O) groups is 3. The Bertz CT molecular complexity index is 871. The van der Waals surface area contributed by atoms with E-state index in [1.54, 1.807) is 12.1 Å². The molecule has 0 bridgehead atoms. The molecule has 0 aromatic heterocycles. The highest BCUT2D eigenvalue weighted by atomic mass is 35.5. The third-order valence-electron chi connectivity index (χ3n) is 4.77. The second-order valence-electron chi connectivity index (χ2n) is 7.20. The first kappa shape index (κ1) is 28.0. The van der Waals surface area contributed by atoms with Gasteiger partial charge in [0.1, 0.15) is 17.9 Å². The molecule has 0 aliphatic rings. The Balaban J connectivity index is 0.000000330. The number of carbonyl (C=O) groups excluding carboxylic acids is 3. The molecule has 2 aromatic carbocycles. The summed E-state index contributed by atoms with van der Waals surface area (Å²) in [5.41, 5.74) is 3.72. The maximum atomic E-state index is 11.9. The van der Waals surface area contributed by atoms with E-state index >= 15 is 0 Å². The van der Waals surface area contributed by atoms with Crippen molar-refractivity contribution >= 4 is 41.1 Å². The van der Waals surface area contributed by atoms with Crippen LogP contribution in [0.3, 0.4) is 0 Å². The van der Waals surface area contributed by atoms with E-state index in [9.17, 15) is 14.4 Å². The summed E-state index contributed by atoms with van der Waals surface area (Å²) in [6.07, 6.45) is 0.918. The lowest BCUT2D eigenvalue weighted by atomic mass is 10.0. The summed E-state index contributed by atoms with van der Waals surface area (Å²) < 4.78 is 10.4. The highest BCUT2D eigenvalue weighted by Crippen LogP contribution is 2.21. The predicted octanol–water partition coefficient (Wildman–Crippen LogP) is 5.51. The van der Waals surface area contributed by atoms with Crippen LogP contribution in [0.2, 0.25) is 10.0 Å². The zero-order valence-corrected chi connectivity index (χ0v) is 20.5. The normalized spacial score (nSPS) is 11.3. The fourth-order valence-electron chi connectivity index (χ4n) is 2.99. The average molecular weight is 481 g/mol. The fourth-order valence-corrected chi connectivity index (χ4v) is 3.57. The largest absolute Gasteiger partial charge is 0.355 e. The van der Waals surface area contributed by atoms with E-state index in [0.29, 0.717) is 29.4 Å². The molecule has 0 radical (unpaired) electrons. The number of hydrogen-bond donors (Lipinski definition) is 0. The first-order valence-electron chi connectivity index (χ1n) is 10.3. The van der Waals surface area contributed by atoms with Gasteiger partial charge in [0.2, 0.25) is 0 Å². The summed E-state index contributed by atoms with van der Waals surface area (Å²) in [6, 6.07) is 11.1. The van der Waals surface area contributed by atoms with E-state index < -0.39 is 6.29 Å². The molecule has 7 heteroatoms. The van der Waals surface area contributed by atoms with Crippen LogP contribution in [0.25, 0.3) is 0 Å². The Labute approximate surface area is 200 Å². The number of halogens is 2. The average Bonchev–Trinajstić information content (AvgIpc) is 2.74. The predicted molar refractivity (Wildman–Crippen MR) is 128 cm³/mol. The summed E-state index contributed by atoms with van der Waals surface area (Å²) in [7, 11) is 1.54. The Morgan fingerprint density at radius 2 is 1.44 bits per heavy atom. The molecule has 1 unspecified atom stereocenters. The Morgan fingerprint density at radius 1 is 0.938 bits per heavy atom. The number of ether oxygens (including phenoxy) is 2. The van der Waals surface area contributed by atoms with Gasteiger partial charge in [-0.15, -0.1) is 0 Å². The standard InChI is InChI=1S/C14H19ClO3.C11H11ClO2/c1-4-18-14(17-3)9-11(16)8-12-10(2)6-5-7-13(12)15;1-8-3-2-4-11(12)10(8)7-9(14)5-6-13/h5-7,14H,4,8-9H2,1-3H3;2-4,6H,5,7H2,1H3. The number of Topliss-reactive ketones (excluding diaryl/α,β-unsaturated/α-hetero) is 2. The fraction of sp³-hybridized carbons (Fsp3) is 0.400. The van der Waals surface area contributed by atoms with Crippen LogP contribution < -0.4 is 0 Å². The van der Waals surface area contributed by atoms with E-state index in [-0.39, 0.29) is 30.8 Å². The van der Waals surface area contributed by atoms with Gasteiger partial charge in [-0.1, -0.05) is 47.5 Å². The lowest BCUT2D eigenvalue weighted by Gasteiger charge is -2.15. The van der Waals surface area contributed by atoms with Crippen LogP contribution >= 0.6 is 23.2 Å². The van der Waals surface area contributed by atoms with Gasteiger partial charge in [0.25, 0.3) is 0 Å². The minimum Gasteiger partial charge on any atom is -0.355 e. The minimum absolute atomic E-state index is 0.0370. The number of aldehydes is 1. The Kier molecular flexibility index (Phi) is 13.0. The van der Waals surface area contributed by atoms with E-state index in [1.165, 1.54) is 7.11 Å². The Hall–Kier alpha value is -2.05. The third-order valence-corrected chi connectivity index (χ3v) is 5.48. The van der Waals surface area contributed by atoms with Gasteiger partial charge in [-0.25, -0.2) is 0 Å². The van der Waals surface area contributed by atoms with Crippen molar-refractivity contribution in [3.8, 4) is 0 Å². The molecule has 1 atom stereocenters. The molecule has 32 heavy (non-hydrogen) atoms. The highest BCUT2D eigenvalue weighted by Gasteiger charge is 2.15. The number of benzene rings is 2. The number of hydrogen-bond acceptors (Lipinski definition) is 5. The first-order chi connectivity index (χ1) is 15.2. The summed E-state index contributed by atoms with van der Waals surface area (Å²) in [4.78, 5) is 33.3. The smallest absolute Gasteiger partial charge is 0.164 e. The number of methoxy groups -OCH3 is 1. The van der Waals surface area contributed by atoms with Gasteiger partial charge in [0, 0.05) is 36.6 Å². The Morgan fingerprint density at radius 3 is 1.84 bits per heavy atom. The van der Waals surface area contributed by atoms with Gasteiger partial charge in [-0.05, 0) is 55.2 Å². The maximum absolute atomic E-state index is 11.9. The van der Waals surface area contributed by atoms with Crippen LogP contribution in [0.15, 0.2) is 36.4 Å². The molecular weight excluding hydrogens is 451 g/mol. The van der Waals surface area contributed by atoms with Crippen molar-refractivity contribution in [1.29, 1.82) is 0 Å². The third kappa shape index (κ3) is 9.61. The topological polar surface area (TPSA) is 69.7 Å². The summed E-state index contributed by atoms with van der Waals surface area (Å²) in [5.74, 6) is -0.0392. The van der Waals surface area contributed by atoms with Crippen molar-refractivity contribution in [3.05, 3.63) is 68.7 Å². The van der Waals surface area contributed by atoms with Crippen molar-refractivity contribution in [3.63, 3.8) is 0 Å². The van der Waals surface area contributed by atoms with Crippen LogP contribution in [0.4, 0.5) is 0 Å². The SMILES string of the molecule is CCOC(CC(=O)Cc1c(C)cccc1Cl)OC.Cc1cccc(Cl)c1CC(=O)CC=O. The molecule has 0 fully saturated rings. The van der Waals surface area contributed by atoms with Gasteiger partial charge in [0.15, 0.2) is 6.29 Å². The lowest BCUT2D eigenvalue weighted by molar-refractivity contribution is -0.143. The van der Waals surface area contributed by atoms with Crippen molar-refractivity contribution in [1.82, 2.24) is 0 Å². The van der Waals surface area contributed by atoms with Crippen LogP contribution in [-0.2, 0) is 36.7 Å². The molecule has 2 rings (SSSR count). The van der Waals surface area contributed by atoms with Gasteiger partial charge < -0.3 is 14.3 Å². The molecule has 174 valence electrons. The van der Waals surface area contributed by atoms with E-state index in [2.05, 4.69) is 0 Å². The highest BCUT2D eigenvalue weighted by molar-refractivity contribution is 6.32. The van der Waals surface area contributed by atoms with Gasteiger partial charge in [-0.3, -0.25) is 9.59 Å². The summed E-state index contributed by atoms with van der Waals surface area (Å²) in [6.45, 7) is 6.24. The first-order valence-corrected chi connectivity index (χ1v) is 11.1. The van der Waals surface area contributed by atoms with Crippen molar-refractivity contribution < 1.29 is 23.9 Å². The van der Waals surface area contributed by atoms with E-state index in [4.69, 9.17) is 32.7 Å². The quantitative estimate of drug-likeness (QED) is 0.241. The van der Waals surface area contributed by atoms with Crippen LogP contribution in [-0.4, -0.2) is 37.9 Å². The van der Waals surface area contributed by atoms with Crippen LogP contribution in [0.1, 0.15) is 42.0 Å². The minimum atomic E-state index is -0.467. The van der Waals surface area contributed by atoms with Gasteiger partial charge in [-0.2, -0.15) is 0 Å². The monoisotopic (exact) mass is 480 g/mol. The molecule has 0 N–H and O–H groups in total. The zero-order valence-electron chi connectivity index (χ0n) is 19.0. The molecule has 0 saturated carbocycles. The van der Waals surface area contributed by atoms with Crippen LogP contribution in [0, 0.1) is 13.8 Å². The van der Waals surface area contributed by atoms with Gasteiger partial charge in [0.05, 0.1) is 12.8 Å². The molecule has 0 aliphatic heterocycles. The lowest BCUT2D eigenvalue weighted by Crippen LogP contribution is -2.21. The molecule has 5 nitrogen and oxygen atoms in total. The molecular formula is C25H30Cl2O5. The second kappa shape index (κ2) is 14.9. The van der Waals surface area contributed by atoms with E-state index in [0.717, 1.165) is 22.3 Å². The number of aryl methyl sites for hydroxylation is 2. The number of ketones is 2. The van der Waals surface area contributed by atoms with E-state index in [1.807, 2.05) is 45.0 Å². The summed E-state index contributed by atoms with van der Waals surface area (Å²) >= 11 is 12.0. The maximum Gasteiger partial charge on any atom is 0.164 e. The molecule has 0 heterocycles. The second-order valence-corrected chi connectivity index (χ2v) is 8.01. The number of rotatable bonds is 11. The summed E-state index contributed by atoms with van der Waals surface area (Å²) in [5, 5.41) is 1.22. The molecule has 0 aliphatic carbocycles.